The zero-order valence-corrected chi connectivity index (χ0v) is 12.3. The van der Waals surface area contributed by atoms with Crippen molar-refractivity contribution in [2.24, 2.45) is 0 Å². The molecule has 1 amide bonds. The molecule has 110 valence electrons. The van der Waals surface area contributed by atoms with E-state index >= 15 is 0 Å². The molecule has 0 atom stereocenters. The van der Waals surface area contributed by atoms with E-state index in [1.54, 1.807) is 11.8 Å². The molecule has 1 aliphatic rings. The van der Waals surface area contributed by atoms with E-state index < -0.39 is 0 Å². The topological polar surface area (TPSA) is 50.4 Å². The van der Waals surface area contributed by atoms with Crippen LogP contribution in [0.2, 0.25) is 0 Å². The summed E-state index contributed by atoms with van der Waals surface area (Å²) in [7, 11) is 1.45. The van der Waals surface area contributed by atoms with Gasteiger partial charge in [-0.05, 0) is 38.1 Å². The summed E-state index contributed by atoms with van der Waals surface area (Å²) in [5, 5.41) is 6.60. The highest BCUT2D eigenvalue weighted by Gasteiger charge is 2.15. The average molecular weight is 298 g/mol. The molecule has 4 nitrogen and oxygen atoms in total. The molecule has 1 aromatic carbocycles. The van der Waals surface area contributed by atoms with Gasteiger partial charge in [-0.3, -0.25) is 4.79 Å². The number of ether oxygens (including phenoxy) is 1. The van der Waals surface area contributed by atoms with Gasteiger partial charge in [0.2, 0.25) is 5.91 Å². The monoisotopic (exact) mass is 298 g/mol. The summed E-state index contributed by atoms with van der Waals surface area (Å²) in [6.07, 6.45) is 2.19. The number of benzene rings is 1. The summed E-state index contributed by atoms with van der Waals surface area (Å²) in [5.74, 6) is 0.276. The van der Waals surface area contributed by atoms with Gasteiger partial charge in [-0.1, -0.05) is 0 Å². The van der Waals surface area contributed by atoms with Crippen LogP contribution in [0.3, 0.4) is 0 Å². The van der Waals surface area contributed by atoms with Crippen LogP contribution >= 0.6 is 11.8 Å². The molecule has 1 aromatic rings. The van der Waals surface area contributed by atoms with Crippen LogP contribution in [0.5, 0.6) is 5.75 Å². The average Bonchev–Trinajstić information content (AvgIpc) is 2.48. The number of anilines is 1. The van der Waals surface area contributed by atoms with Gasteiger partial charge in [0.05, 0.1) is 18.6 Å². The summed E-state index contributed by atoms with van der Waals surface area (Å²) in [6.45, 7) is 2.04. The molecule has 0 spiro atoms. The Hall–Kier alpha value is -1.27. The van der Waals surface area contributed by atoms with Gasteiger partial charge in [-0.25, -0.2) is 4.39 Å². The number of carbonyl (C=O) groups is 1. The van der Waals surface area contributed by atoms with Crippen LogP contribution in [0.15, 0.2) is 18.2 Å². The molecule has 0 unspecified atom stereocenters. The van der Waals surface area contributed by atoms with Crippen molar-refractivity contribution in [1.82, 2.24) is 5.32 Å². The number of carbonyl (C=O) groups excluding carboxylic acids is 1. The molecule has 2 N–H and O–H groups in total. The second-order valence-corrected chi connectivity index (χ2v) is 5.94. The van der Waals surface area contributed by atoms with Gasteiger partial charge in [0, 0.05) is 11.3 Å². The zero-order chi connectivity index (χ0) is 14.4. The van der Waals surface area contributed by atoms with Crippen molar-refractivity contribution in [2.75, 3.05) is 31.3 Å². The quantitative estimate of drug-likeness (QED) is 0.875. The molecular weight excluding hydrogens is 279 g/mol. The summed E-state index contributed by atoms with van der Waals surface area (Å²) in [4.78, 5) is 11.9. The molecule has 1 saturated heterocycles. The number of amides is 1. The lowest BCUT2D eigenvalue weighted by atomic mass is 10.2. The second kappa shape index (κ2) is 7.50. The summed E-state index contributed by atoms with van der Waals surface area (Å²) in [5.41, 5.74) is 0.504. The first-order valence-corrected chi connectivity index (χ1v) is 7.69. The van der Waals surface area contributed by atoms with E-state index in [4.69, 9.17) is 4.74 Å². The highest BCUT2D eigenvalue weighted by Crippen LogP contribution is 2.26. The number of piperidine rings is 1. The molecule has 0 radical (unpaired) electrons. The fourth-order valence-electron chi connectivity index (χ4n) is 2.11. The van der Waals surface area contributed by atoms with Crippen molar-refractivity contribution >= 4 is 23.4 Å². The van der Waals surface area contributed by atoms with Crippen molar-refractivity contribution < 1.29 is 13.9 Å². The van der Waals surface area contributed by atoms with E-state index in [1.807, 2.05) is 0 Å². The Labute approximate surface area is 122 Å². The molecule has 2 rings (SSSR count). The SMILES string of the molecule is COc1cc(F)ccc1NC(=O)CSC1CCNCC1. The number of nitrogens with one attached hydrogen (secondary N) is 2. The Morgan fingerprint density at radius 3 is 2.95 bits per heavy atom. The van der Waals surface area contributed by atoms with Gasteiger partial charge < -0.3 is 15.4 Å². The number of methoxy groups -OCH3 is 1. The third kappa shape index (κ3) is 4.38. The van der Waals surface area contributed by atoms with Crippen LogP contribution in [0.4, 0.5) is 10.1 Å². The summed E-state index contributed by atoms with van der Waals surface area (Å²) >= 11 is 1.67. The summed E-state index contributed by atoms with van der Waals surface area (Å²) < 4.78 is 18.1. The first-order chi connectivity index (χ1) is 9.69. The Morgan fingerprint density at radius 1 is 1.50 bits per heavy atom. The molecule has 0 bridgehead atoms. The number of rotatable bonds is 5. The van der Waals surface area contributed by atoms with Crippen LogP contribution in [-0.2, 0) is 4.79 Å². The molecule has 0 saturated carbocycles. The van der Waals surface area contributed by atoms with E-state index in [0.717, 1.165) is 25.9 Å². The van der Waals surface area contributed by atoms with Crippen molar-refractivity contribution in [1.29, 1.82) is 0 Å². The van der Waals surface area contributed by atoms with Crippen LogP contribution in [0.25, 0.3) is 0 Å². The first-order valence-electron chi connectivity index (χ1n) is 6.65. The Bertz CT molecular complexity index is 464. The van der Waals surface area contributed by atoms with Crippen molar-refractivity contribution in [3.8, 4) is 5.75 Å². The molecule has 1 fully saturated rings. The molecule has 6 heteroatoms. The van der Waals surface area contributed by atoms with Crippen LogP contribution in [0.1, 0.15) is 12.8 Å². The molecule has 0 aliphatic carbocycles. The van der Waals surface area contributed by atoms with Gasteiger partial charge >= 0.3 is 0 Å². The van der Waals surface area contributed by atoms with Crippen molar-refractivity contribution in [3.63, 3.8) is 0 Å². The van der Waals surface area contributed by atoms with E-state index in [-0.39, 0.29) is 11.7 Å². The maximum atomic E-state index is 13.1. The van der Waals surface area contributed by atoms with Crippen molar-refractivity contribution in [3.05, 3.63) is 24.0 Å². The lowest BCUT2D eigenvalue weighted by Crippen LogP contribution is -2.30. The maximum absolute atomic E-state index is 13.1. The van der Waals surface area contributed by atoms with E-state index in [2.05, 4.69) is 10.6 Å². The van der Waals surface area contributed by atoms with Gasteiger partial charge in [0.1, 0.15) is 11.6 Å². The van der Waals surface area contributed by atoms with Crippen LogP contribution < -0.4 is 15.4 Å². The standard InChI is InChI=1S/C14H19FN2O2S/c1-19-13-8-10(15)2-3-12(13)17-14(18)9-20-11-4-6-16-7-5-11/h2-3,8,11,16H,4-7,9H2,1H3,(H,17,18). The number of hydrogen-bond acceptors (Lipinski definition) is 4. The zero-order valence-electron chi connectivity index (χ0n) is 11.4. The first kappa shape index (κ1) is 15.1. The Morgan fingerprint density at radius 2 is 2.25 bits per heavy atom. The predicted octanol–water partition coefficient (Wildman–Crippen LogP) is 2.26. The third-order valence-electron chi connectivity index (χ3n) is 3.17. The van der Waals surface area contributed by atoms with Gasteiger partial charge in [0.25, 0.3) is 0 Å². The van der Waals surface area contributed by atoms with E-state index in [9.17, 15) is 9.18 Å². The Kier molecular flexibility index (Phi) is 5.67. The van der Waals surface area contributed by atoms with Crippen LogP contribution in [0, 0.1) is 5.82 Å². The van der Waals surface area contributed by atoms with Gasteiger partial charge in [-0.2, -0.15) is 0 Å². The number of thioether (sulfide) groups is 1. The van der Waals surface area contributed by atoms with E-state index in [0.29, 0.717) is 22.4 Å². The predicted molar refractivity (Wildman–Crippen MR) is 79.9 cm³/mol. The molecular formula is C14H19FN2O2S. The number of halogens is 1. The minimum Gasteiger partial charge on any atom is -0.494 e. The van der Waals surface area contributed by atoms with Crippen LogP contribution in [-0.4, -0.2) is 37.1 Å². The lowest BCUT2D eigenvalue weighted by molar-refractivity contribution is -0.113. The van der Waals surface area contributed by atoms with Gasteiger partial charge in [-0.15, -0.1) is 11.8 Å². The Balaban J connectivity index is 1.84. The lowest BCUT2D eigenvalue weighted by Gasteiger charge is -2.21. The second-order valence-electron chi connectivity index (χ2n) is 4.65. The maximum Gasteiger partial charge on any atom is 0.234 e. The molecule has 20 heavy (non-hydrogen) atoms. The third-order valence-corrected chi connectivity index (χ3v) is 4.55. The molecule has 1 aliphatic heterocycles. The molecule has 1 heterocycles. The fraction of sp³-hybridized carbons (Fsp3) is 0.500. The highest BCUT2D eigenvalue weighted by atomic mass is 32.2. The normalized spacial score (nSPS) is 15.9. The van der Waals surface area contributed by atoms with Crippen molar-refractivity contribution in [2.45, 2.75) is 18.1 Å². The largest absolute Gasteiger partial charge is 0.494 e. The smallest absolute Gasteiger partial charge is 0.234 e. The van der Waals surface area contributed by atoms with E-state index in [1.165, 1.54) is 25.3 Å². The molecule has 0 aromatic heterocycles. The number of hydrogen-bond donors (Lipinski definition) is 2. The fourth-order valence-corrected chi connectivity index (χ4v) is 3.14. The minimum absolute atomic E-state index is 0.0848. The minimum atomic E-state index is -0.385. The summed E-state index contributed by atoms with van der Waals surface area (Å²) in [6, 6.07) is 4.08. The highest BCUT2D eigenvalue weighted by molar-refractivity contribution is 8.00. The van der Waals surface area contributed by atoms with Gasteiger partial charge in [0.15, 0.2) is 0 Å².